The van der Waals surface area contributed by atoms with Gasteiger partial charge in [-0.3, -0.25) is 0 Å². The fourth-order valence-electron chi connectivity index (χ4n) is 6.26. The Kier molecular flexibility index (Phi) is 7.51. The smallest absolute Gasteiger partial charge is 0.0885 e. The molecule has 3 aliphatic rings. The van der Waals surface area contributed by atoms with Crippen LogP contribution in [0.3, 0.4) is 0 Å². The van der Waals surface area contributed by atoms with Gasteiger partial charge >= 0.3 is 0 Å². The molecule has 6 unspecified atom stereocenters. The Labute approximate surface area is 161 Å². The SMILES string of the molecule is C[CH](C1CC=CCC1)[Al]([CH](C)C1CC=CCC1)[CH](C)C1CC=CCC1. The van der Waals surface area contributed by atoms with Crippen LogP contribution in [0.25, 0.3) is 0 Å². The number of rotatable bonds is 6. The Hall–Kier alpha value is -0.248. The maximum atomic E-state index is 2.67. The van der Waals surface area contributed by atoms with Crippen LogP contribution >= 0.6 is 0 Å². The Bertz CT molecular complexity index is 417. The highest BCUT2D eigenvalue weighted by atomic mass is 27.2. The van der Waals surface area contributed by atoms with Crippen LogP contribution in [-0.4, -0.2) is 14.1 Å². The first kappa shape index (κ1) is 19.5. The maximum Gasteiger partial charge on any atom is 0.272 e. The summed E-state index contributed by atoms with van der Waals surface area (Å²) in [7, 11) is 0. The minimum Gasteiger partial charge on any atom is -0.0885 e. The average Bonchev–Trinajstić information content (AvgIpc) is 2.70. The van der Waals surface area contributed by atoms with Gasteiger partial charge in [-0.15, -0.1) is 0 Å². The van der Waals surface area contributed by atoms with Crippen LogP contribution in [0.2, 0.25) is 14.3 Å². The Morgan fingerprint density at radius 3 is 1.12 bits per heavy atom. The molecule has 0 saturated heterocycles. The first-order valence-electron chi connectivity index (χ1n) is 11.1. The summed E-state index contributed by atoms with van der Waals surface area (Å²) in [6, 6.07) is 0. The molecule has 6 atom stereocenters. The van der Waals surface area contributed by atoms with E-state index in [9.17, 15) is 0 Å². The van der Waals surface area contributed by atoms with Crippen molar-refractivity contribution in [3.05, 3.63) is 36.5 Å². The molecule has 0 N–H and O–H groups in total. The average molecular weight is 355 g/mol. The Morgan fingerprint density at radius 1 is 0.560 bits per heavy atom. The molecule has 0 nitrogen and oxygen atoms in total. The second kappa shape index (κ2) is 9.62. The van der Waals surface area contributed by atoms with Gasteiger partial charge in [-0.05, 0) is 75.5 Å². The quantitative estimate of drug-likeness (QED) is 0.338. The summed E-state index contributed by atoms with van der Waals surface area (Å²) in [6.07, 6.45) is 27.2. The van der Waals surface area contributed by atoms with Crippen molar-refractivity contribution >= 4 is 14.1 Å². The van der Waals surface area contributed by atoms with Crippen molar-refractivity contribution in [1.82, 2.24) is 0 Å². The molecule has 25 heavy (non-hydrogen) atoms. The maximum absolute atomic E-state index is 2.67. The lowest BCUT2D eigenvalue weighted by Crippen LogP contribution is -2.39. The van der Waals surface area contributed by atoms with E-state index in [4.69, 9.17) is 0 Å². The second-order valence-corrected chi connectivity index (χ2v) is 13.6. The van der Waals surface area contributed by atoms with E-state index in [1.54, 1.807) is 0 Å². The first-order valence-corrected chi connectivity index (χ1v) is 13.1. The van der Waals surface area contributed by atoms with Crippen LogP contribution in [0.5, 0.6) is 0 Å². The van der Waals surface area contributed by atoms with E-state index < -0.39 is 14.1 Å². The van der Waals surface area contributed by atoms with Crippen LogP contribution < -0.4 is 0 Å². The lowest BCUT2D eigenvalue weighted by molar-refractivity contribution is 0.396. The summed E-state index contributed by atoms with van der Waals surface area (Å²) in [5.41, 5.74) is 0. The monoisotopic (exact) mass is 354 g/mol. The van der Waals surface area contributed by atoms with E-state index in [2.05, 4.69) is 57.2 Å². The summed E-state index contributed by atoms with van der Waals surface area (Å²) in [5.74, 6) is 2.93. The molecule has 0 spiro atoms. The third-order valence-corrected chi connectivity index (χ3v) is 13.3. The molecule has 0 aromatic rings. The molecular weight excluding hydrogens is 315 g/mol. The highest BCUT2D eigenvalue weighted by Crippen LogP contribution is 2.48. The molecule has 0 heterocycles. The van der Waals surface area contributed by atoms with E-state index in [1.165, 1.54) is 57.8 Å². The molecule has 0 radical (unpaired) electrons. The summed E-state index contributed by atoms with van der Waals surface area (Å²) >= 11 is -0.838. The van der Waals surface area contributed by atoms with Gasteiger partial charge in [0.25, 0.3) is 14.1 Å². The van der Waals surface area contributed by atoms with Crippen molar-refractivity contribution in [2.45, 2.75) is 92.9 Å². The lowest BCUT2D eigenvalue weighted by atomic mass is 9.90. The van der Waals surface area contributed by atoms with E-state index in [-0.39, 0.29) is 0 Å². The van der Waals surface area contributed by atoms with E-state index in [0.29, 0.717) is 0 Å². The third kappa shape index (κ3) is 4.93. The second-order valence-electron chi connectivity index (χ2n) is 9.29. The van der Waals surface area contributed by atoms with Gasteiger partial charge in [0.15, 0.2) is 0 Å². The fourth-order valence-corrected chi connectivity index (χ4v) is 12.1. The topological polar surface area (TPSA) is 0 Å². The molecule has 0 aliphatic heterocycles. The van der Waals surface area contributed by atoms with Gasteiger partial charge in [0, 0.05) is 0 Å². The molecule has 0 saturated carbocycles. The summed E-state index contributed by atoms with van der Waals surface area (Å²) in [4.78, 5) is 0. The Morgan fingerprint density at radius 2 is 0.880 bits per heavy atom. The summed E-state index contributed by atoms with van der Waals surface area (Å²) in [6.45, 7) is 8.02. The minimum absolute atomic E-state index is 0.838. The highest BCUT2D eigenvalue weighted by molar-refractivity contribution is 6.63. The lowest BCUT2D eigenvalue weighted by Gasteiger charge is -2.42. The highest BCUT2D eigenvalue weighted by Gasteiger charge is 2.43. The summed E-state index contributed by atoms with van der Waals surface area (Å²) < 4.78 is 3.02. The molecule has 0 amide bonds. The summed E-state index contributed by atoms with van der Waals surface area (Å²) in [5, 5.41) is 0. The number of hydrogen-bond acceptors (Lipinski definition) is 0. The fraction of sp³-hybridized carbons (Fsp3) is 0.750. The van der Waals surface area contributed by atoms with Crippen LogP contribution in [0.4, 0.5) is 0 Å². The third-order valence-electron chi connectivity index (χ3n) is 7.98. The van der Waals surface area contributed by atoms with Gasteiger partial charge in [-0.25, -0.2) is 0 Å². The molecule has 0 bridgehead atoms. The molecule has 3 rings (SSSR count). The van der Waals surface area contributed by atoms with Crippen molar-refractivity contribution in [2.75, 3.05) is 0 Å². The zero-order valence-electron chi connectivity index (χ0n) is 16.9. The zero-order chi connectivity index (χ0) is 17.6. The van der Waals surface area contributed by atoms with Crippen molar-refractivity contribution < 1.29 is 0 Å². The zero-order valence-corrected chi connectivity index (χ0v) is 18.0. The molecule has 3 aliphatic carbocycles. The van der Waals surface area contributed by atoms with Gasteiger partial charge in [-0.2, -0.15) is 0 Å². The van der Waals surface area contributed by atoms with Crippen molar-refractivity contribution in [3.63, 3.8) is 0 Å². The number of allylic oxidation sites excluding steroid dienone is 6. The van der Waals surface area contributed by atoms with Crippen LogP contribution in [-0.2, 0) is 0 Å². The number of hydrogen-bond donors (Lipinski definition) is 0. The van der Waals surface area contributed by atoms with Crippen LogP contribution in [0, 0.1) is 17.8 Å². The molecular formula is C24H39Al. The standard InChI is InChI=1S/3C8H13.Al/c3*1-2-8-6-4-3-5-7-8;/h3*2-4,8H,5-7H2,1H3;. The first-order chi connectivity index (χ1) is 12.2. The predicted octanol–water partition coefficient (Wildman–Crippen LogP) is 7.72. The van der Waals surface area contributed by atoms with Gasteiger partial charge in [-0.1, -0.05) is 71.6 Å². The van der Waals surface area contributed by atoms with E-state index >= 15 is 0 Å². The molecule has 0 aromatic carbocycles. The van der Waals surface area contributed by atoms with Gasteiger partial charge < -0.3 is 0 Å². The normalized spacial score (nSPS) is 33.0. The molecule has 138 valence electrons. The van der Waals surface area contributed by atoms with Crippen LogP contribution in [0.1, 0.15) is 78.6 Å². The van der Waals surface area contributed by atoms with Crippen molar-refractivity contribution in [1.29, 1.82) is 0 Å². The molecule has 0 fully saturated rings. The van der Waals surface area contributed by atoms with Gasteiger partial charge in [0.1, 0.15) is 0 Å². The van der Waals surface area contributed by atoms with Crippen molar-refractivity contribution in [3.8, 4) is 0 Å². The van der Waals surface area contributed by atoms with Gasteiger partial charge in [0.05, 0.1) is 0 Å². The Balaban J connectivity index is 1.77. The molecule has 0 aromatic heterocycles. The van der Waals surface area contributed by atoms with E-state index in [1.807, 2.05) is 0 Å². The predicted molar refractivity (Wildman–Crippen MR) is 113 cm³/mol. The van der Waals surface area contributed by atoms with Gasteiger partial charge in [0.2, 0.25) is 0 Å². The largest absolute Gasteiger partial charge is 0.272 e. The minimum atomic E-state index is -0.838. The van der Waals surface area contributed by atoms with Crippen molar-refractivity contribution in [2.24, 2.45) is 17.8 Å². The molecule has 1 heteroatoms. The van der Waals surface area contributed by atoms with E-state index in [0.717, 1.165) is 32.1 Å². The van der Waals surface area contributed by atoms with Crippen LogP contribution in [0.15, 0.2) is 36.5 Å².